The molecule has 90 valence electrons. The Kier molecular flexibility index (Phi) is 2.60. The molecule has 7 heteroatoms. The van der Waals surface area contributed by atoms with Crippen LogP contribution < -0.4 is 5.32 Å². The standard InChI is InChI=1S/C10H13ClN6/c1-16-3-2-7(5-16)14-9-4-8(11)15-10-12-6-13-17(9)10/h4,6-7,14H,2-3,5H2,1H3. The van der Waals surface area contributed by atoms with Gasteiger partial charge in [-0.05, 0) is 20.0 Å². The smallest absolute Gasteiger partial charge is 0.255 e. The van der Waals surface area contributed by atoms with Crippen molar-refractivity contribution in [3.05, 3.63) is 17.5 Å². The van der Waals surface area contributed by atoms with Gasteiger partial charge in [0.15, 0.2) is 0 Å². The van der Waals surface area contributed by atoms with E-state index in [9.17, 15) is 0 Å². The third-order valence-corrected chi connectivity index (χ3v) is 3.16. The number of likely N-dealkylation sites (N-methyl/N-ethyl adjacent to an activating group) is 1. The van der Waals surface area contributed by atoms with Gasteiger partial charge in [0.2, 0.25) is 0 Å². The SMILES string of the molecule is CN1CCC(Nc2cc(Cl)nc3ncnn23)C1. The molecule has 1 aliphatic heterocycles. The van der Waals surface area contributed by atoms with E-state index < -0.39 is 0 Å². The van der Waals surface area contributed by atoms with Crippen LogP contribution in [0.4, 0.5) is 5.82 Å². The zero-order valence-corrected chi connectivity index (χ0v) is 10.2. The van der Waals surface area contributed by atoms with E-state index in [1.807, 2.05) is 0 Å². The minimum Gasteiger partial charge on any atom is -0.366 e. The lowest BCUT2D eigenvalue weighted by atomic mass is 10.2. The van der Waals surface area contributed by atoms with Crippen molar-refractivity contribution < 1.29 is 0 Å². The Balaban J connectivity index is 1.91. The summed E-state index contributed by atoms with van der Waals surface area (Å²) in [5.74, 6) is 1.36. The Morgan fingerprint density at radius 2 is 2.41 bits per heavy atom. The molecule has 17 heavy (non-hydrogen) atoms. The predicted molar refractivity (Wildman–Crippen MR) is 65.3 cm³/mol. The number of anilines is 1. The first-order valence-corrected chi connectivity index (χ1v) is 5.91. The van der Waals surface area contributed by atoms with Gasteiger partial charge in [0.05, 0.1) is 0 Å². The van der Waals surface area contributed by atoms with Crippen LogP contribution in [0.1, 0.15) is 6.42 Å². The van der Waals surface area contributed by atoms with Crippen LogP contribution in [0.3, 0.4) is 0 Å². The molecule has 1 N–H and O–H groups in total. The van der Waals surface area contributed by atoms with Gasteiger partial charge in [-0.1, -0.05) is 11.6 Å². The van der Waals surface area contributed by atoms with E-state index in [-0.39, 0.29) is 0 Å². The summed E-state index contributed by atoms with van der Waals surface area (Å²) in [6, 6.07) is 2.20. The number of fused-ring (bicyclic) bond motifs is 1. The molecule has 3 rings (SSSR count). The molecule has 0 aromatic carbocycles. The van der Waals surface area contributed by atoms with Crippen molar-refractivity contribution in [1.29, 1.82) is 0 Å². The van der Waals surface area contributed by atoms with Gasteiger partial charge in [0.25, 0.3) is 5.78 Å². The van der Waals surface area contributed by atoms with Crippen molar-refractivity contribution in [3.63, 3.8) is 0 Å². The van der Waals surface area contributed by atoms with E-state index in [0.29, 0.717) is 17.0 Å². The van der Waals surface area contributed by atoms with Crippen molar-refractivity contribution in [2.45, 2.75) is 12.5 Å². The lowest BCUT2D eigenvalue weighted by molar-refractivity contribution is 0.414. The van der Waals surface area contributed by atoms with Crippen LogP contribution in [0.5, 0.6) is 0 Å². The second-order valence-electron chi connectivity index (χ2n) is 4.33. The van der Waals surface area contributed by atoms with Crippen LogP contribution in [0.15, 0.2) is 12.4 Å². The molecule has 1 unspecified atom stereocenters. The lowest BCUT2D eigenvalue weighted by Gasteiger charge is -2.14. The van der Waals surface area contributed by atoms with Crippen LogP contribution in [-0.4, -0.2) is 50.7 Å². The molecule has 1 saturated heterocycles. The fourth-order valence-corrected chi connectivity index (χ4v) is 2.33. The lowest BCUT2D eigenvalue weighted by Crippen LogP contribution is -2.24. The number of nitrogens with one attached hydrogen (secondary N) is 1. The van der Waals surface area contributed by atoms with Crippen LogP contribution in [0.2, 0.25) is 5.15 Å². The number of rotatable bonds is 2. The number of likely N-dealkylation sites (tertiary alicyclic amines) is 1. The maximum atomic E-state index is 5.95. The van der Waals surface area contributed by atoms with Gasteiger partial charge < -0.3 is 10.2 Å². The molecule has 2 aromatic heterocycles. The average Bonchev–Trinajstić information content (AvgIpc) is 2.87. The van der Waals surface area contributed by atoms with Crippen LogP contribution in [-0.2, 0) is 0 Å². The first-order valence-electron chi connectivity index (χ1n) is 5.54. The molecule has 1 atom stereocenters. The zero-order valence-electron chi connectivity index (χ0n) is 9.47. The number of hydrogen-bond donors (Lipinski definition) is 1. The maximum absolute atomic E-state index is 5.95. The third kappa shape index (κ3) is 2.05. The molecular weight excluding hydrogens is 240 g/mol. The summed E-state index contributed by atoms with van der Waals surface area (Å²) in [5, 5.41) is 7.99. The van der Waals surface area contributed by atoms with Crippen LogP contribution >= 0.6 is 11.6 Å². The summed E-state index contributed by atoms with van der Waals surface area (Å²) in [6.45, 7) is 2.13. The van der Waals surface area contributed by atoms with Gasteiger partial charge in [-0.3, -0.25) is 0 Å². The summed E-state index contributed by atoms with van der Waals surface area (Å²) in [5.41, 5.74) is 0. The molecule has 0 amide bonds. The van der Waals surface area contributed by atoms with E-state index in [1.54, 1.807) is 10.6 Å². The molecule has 2 aromatic rings. The highest BCUT2D eigenvalue weighted by Crippen LogP contribution is 2.18. The van der Waals surface area contributed by atoms with Gasteiger partial charge >= 0.3 is 0 Å². The molecule has 0 saturated carbocycles. The summed E-state index contributed by atoms with van der Waals surface area (Å²) in [4.78, 5) is 10.4. The van der Waals surface area contributed by atoms with Crippen molar-refractivity contribution in [1.82, 2.24) is 24.5 Å². The van der Waals surface area contributed by atoms with Gasteiger partial charge in [-0.25, -0.2) is 0 Å². The average molecular weight is 253 g/mol. The summed E-state index contributed by atoms with van der Waals surface area (Å²) >= 11 is 5.95. The highest BCUT2D eigenvalue weighted by atomic mass is 35.5. The molecule has 1 fully saturated rings. The topological polar surface area (TPSA) is 58.3 Å². The molecule has 6 nitrogen and oxygen atoms in total. The Morgan fingerprint density at radius 3 is 3.18 bits per heavy atom. The van der Waals surface area contributed by atoms with Crippen molar-refractivity contribution in [2.75, 3.05) is 25.5 Å². The van der Waals surface area contributed by atoms with E-state index in [2.05, 4.69) is 32.3 Å². The Labute approximate surface area is 104 Å². The zero-order chi connectivity index (χ0) is 11.8. The van der Waals surface area contributed by atoms with Crippen LogP contribution in [0.25, 0.3) is 5.78 Å². The first-order chi connectivity index (χ1) is 8.22. The minimum atomic E-state index is 0.422. The van der Waals surface area contributed by atoms with Crippen molar-refractivity contribution in [3.8, 4) is 0 Å². The van der Waals surface area contributed by atoms with Gasteiger partial charge in [-0.2, -0.15) is 19.6 Å². The number of halogens is 1. The Bertz CT molecular complexity index is 539. The van der Waals surface area contributed by atoms with E-state index >= 15 is 0 Å². The van der Waals surface area contributed by atoms with E-state index in [4.69, 9.17) is 11.6 Å². The fourth-order valence-electron chi connectivity index (χ4n) is 2.15. The summed E-state index contributed by atoms with van der Waals surface area (Å²) < 4.78 is 1.67. The second-order valence-corrected chi connectivity index (χ2v) is 4.72. The molecule has 3 heterocycles. The van der Waals surface area contributed by atoms with E-state index in [0.717, 1.165) is 25.3 Å². The van der Waals surface area contributed by atoms with Gasteiger partial charge in [0.1, 0.15) is 17.3 Å². The Morgan fingerprint density at radius 1 is 1.53 bits per heavy atom. The largest absolute Gasteiger partial charge is 0.366 e. The second kappa shape index (κ2) is 4.12. The molecular formula is C10H13ClN6. The van der Waals surface area contributed by atoms with Gasteiger partial charge in [-0.15, -0.1) is 0 Å². The number of hydrogen-bond acceptors (Lipinski definition) is 5. The molecule has 0 bridgehead atoms. The molecule has 0 aliphatic carbocycles. The number of aromatic nitrogens is 4. The van der Waals surface area contributed by atoms with E-state index in [1.165, 1.54) is 6.33 Å². The third-order valence-electron chi connectivity index (χ3n) is 2.96. The molecule has 0 spiro atoms. The van der Waals surface area contributed by atoms with Gasteiger partial charge in [0, 0.05) is 18.7 Å². The quantitative estimate of drug-likeness (QED) is 0.805. The van der Waals surface area contributed by atoms with Crippen molar-refractivity contribution in [2.24, 2.45) is 0 Å². The van der Waals surface area contributed by atoms with Crippen molar-refractivity contribution >= 4 is 23.2 Å². The Hall–Kier alpha value is -1.40. The maximum Gasteiger partial charge on any atom is 0.255 e. The normalized spacial score (nSPS) is 21.2. The molecule has 1 aliphatic rings. The highest BCUT2D eigenvalue weighted by molar-refractivity contribution is 6.29. The highest BCUT2D eigenvalue weighted by Gasteiger charge is 2.20. The first kappa shape index (κ1) is 10.7. The summed E-state index contributed by atoms with van der Waals surface area (Å²) in [6.07, 6.45) is 2.59. The predicted octanol–water partition coefficient (Wildman–Crippen LogP) is 0.894. The van der Waals surface area contributed by atoms with Crippen LogP contribution in [0, 0.1) is 0 Å². The monoisotopic (exact) mass is 252 g/mol. The number of nitrogens with zero attached hydrogens (tertiary/aromatic N) is 5. The molecule has 0 radical (unpaired) electrons. The summed E-state index contributed by atoms with van der Waals surface area (Å²) in [7, 11) is 2.12. The minimum absolute atomic E-state index is 0.422. The fraction of sp³-hybridized carbons (Fsp3) is 0.500.